The monoisotopic (exact) mass is 473 g/mol. The molecule has 2 aromatic rings. The number of rotatable bonds is 11. The Kier molecular flexibility index (Phi) is 9.75. The van der Waals surface area contributed by atoms with Crippen LogP contribution in [0.2, 0.25) is 0 Å². The third kappa shape index (κ3) is 7.16. The summed E-state index contributed by atoms with van der Waals surface area (Å²) in [6.45, 7) is 0. The highest BCUT2D eigenvalue weighted by Gasteiger charge is 2.15. The van der Waals surface area contributed by atoms with Crippen molar-refractivity contribution in [3.05, 3.63) is 42.0 Å². The van der Waals surface area contributed by atoms with Crippen LogP contribution in [-0.4, -0.2) is 53.4 Å². The smallest absolute Gasteiger partial charge is 0.311 e. The number of amides is 1. The molecule has 0 bridgehead atoms. The van der Waals surface area contributed by atoms with Crippen LogP contribution >= 0.6 is 0 Å². The third-order valence-corrected chi connectivity index (χ3v) is 4.57. The second kappa shape index (κ2) is 12.7. The van der Waals surface area contributed by atoms with E-state index in [2.05, 4.69) is 10.1 Å². The first kappa shape index (κ1) is 26.0. The number of methoxy groups -OCH3 is 5. The fourth-order valence-corrected chi connectivity index (χ4v) is 2.85. The lowest BCUT2D eigenvalue weighted by atomic mass is 10.1. The average Bonchev–Trinajstić information content (AvgIpc) is 2.85. The molecule has 0 aliphatic rings. The van der Waals surface area contributed by atoms with Gasteiger partial charge in [0.2, 0.25) is 5.91 Å². The molecule has 10 nitrogen and oxygen atoms in total. The van der Waals surface area contributed by atoms with Gasteiger partial charge in [0, 0.05) is 30.0 Å². The van der Waals surface area contributed by atoms with E-state index in [1.54, 1.807) is 24.3 Å². The summed E-state index contributed by atoms with van der Waals surface area (Å²) in [7, 11) is 7.17. The van der Waals surface area contributed by atoms with E-state index in [0.717, 1.165) is 0 Å². The van der Waals surface area contributed by atoms with Crippen LogP contribution in [0.4, 0.5) is 5.69 Å². The van der Waals surface area contributed by atoms with E-state index in [-0.39, 0.29) is 24.3 Å². The number of benzene rings is 2. The molecule has 0 aliphatic heterocycles. The van der Waals surface area contributed by atoms with Crippen molar-refractivity contribution >= 4 is 29.6 Å². The lowest BCUT2D eigenvalue weighted by Gasteiger charge is -2.13. The molecule has 0 aliphatic carbocycles. The molecule has 10 heteroatoms. The van der Waals surface area contributed by atoms with Crippen LogP contribution in [0.5, 0.6) is 28.7 Å². The van der Waals surface area contributed by atoms with Crippen molar-refractivity contribution in [3.63, 3.8) is 0 Å². The van der Waals surface area contributed by atoms with Gasteiger partial charge in [0.1, 0.15) is 17.2 Å². The van der Waals surface area contributed by atoms with Crippen LogP contribution in [0.15, 0.2) is 36.4 Å². The molecule has 0 heterocycles. The van der Waals surface area contributed by atoms with Gasteiger partial charge in [-0.15, -0.1) is 0 Å². The van der Waals surface area contributed by atoms with Crippen LogP contribution in [0.25, 0.3) is 6.08 Å². The van der Waals surface area contributed by atoms with Crippen LogP contribution in [0.3, 0.4) is 0 Å². The number of esters is 2. The van der Waals surface area contributed by atoms with E-state index in [4.69, 9.17) is 23.7 Å². The Morgan fingerprint density at radius 2 is 1.38 bits per heavy atom. The molecular formula is C24H27NO9. The molecule has 0 atom stereocenters. The van der Waals surface area contributed by atoms with Gasteiger partial charge in [-0.3, -0.25) is 14.4 Å². The molecule has 1 N–H and O–H groups in total. The van der Waals surface area contributed by atoms with E-state index in [1.165, 1.54) is 53.8 Å². The Balaban J connectivity index is 2.16. The van der Waals surface area contributed by atoms with Crippen molar-refractivity contribution in [3.8, 4) is 28.7 Å². The SMILES string of the molecule is COC(=O)CCC(=O)Oc1cc(NC(=O)/C=C/c2c(OC)cc(OC)cc2OC)ccc1OC. The second-order valence-electron chi connectivity index (χ2n) is 6.68. The Hall–Kier alpha value is -4.21. The van der Waals surface area contributed by atoms with Gasteiger partial charge in [0.15, 0.2) is 11.5 Å². The predicted octanol–water partition coefficient (Wildman–Crippen LogP) is 3.23. The van der Waals surface area contributed by atoms with Gasteiger partial charge in [0.05, 0.1) is 54.0 Å². The van der Waals surface area contributed by atoms with E-state index < -0.39 is 17.8 Å². The maximum Gasteiger partial charge on any atom is 0.311 e. The van der Waals surface area contributed by atoms with Gasteiger partial charge < -0.3 is 33.7 Å². The zero-order valence-electron chi connectivity index (χ0n) is 19.6. The zero-order valence-corrected chi connectivity index (χ0v) is 19.6. The van der Waals surface area contributed by atoms with Crippen LogP contribution in [0, 0.1) is 0 Å². The number of ether oxygens (including phenoxy) is 6. The van der Waals surface area contributed by atoms with Crippen LogP contribution < -0.4 is 29.0 Å². The number of anilines is 1. The molecule has 0 saturated carbocycles. The quantitative estimate of drug-likeness (QED) is 0.298. The highest BCUT2D eigenvalue weighted by Crippen LogP contribution is 2.35. The Morgan fingerprint density at radius 1 is 0.765 bits per heavy atom. The fourth-order valence-electron chi connectivity index (χ4n) is 2.85. The lowest BCUT2D eigenvalue weighted by Crippen LogP contribution is -2.12. The standard InChI is InChI=1S/C24H27NO9/c1-29-16-13-19(31-3)17(20(14-16)32-4)7-9-22(26)25-15-6-8-18(30-2)21(12-15)34-24(28)11-10-23(27)33-5/h6-9,12-14H,10-11H2,1-5H3,(H,25,26)/b9-7+. The number of hydrogen-bond donors (Lipinski definition) is 1. The van der Waals surface area contributed by atoms with Crippen molar-refractivity contribution in [2.75, 3.05) is 40.9 Å². The van der Waals surface area contributed by atoms with Gasteiger partial charge in [-0.05, 0) is 18.2 Å². The van der Waals surface area contributed by atoms with E-state index in [1.807, 2.05) is 0 Å². The van der Waals surface area contributed by atoms with Crippen molar-refractivity contribution < 1.29 is 42.8 Å². The van der Waals surface area contributed by atoms with Gasteiger partial charge >= 0.3 is 11.9 Å². The lowest BCUT2D eigenvalue weighted by molar-refractivity contribution is -0.144. The molecule has 0 unspecified atom stereocenters. The summed E-state index contributed by atoms with van der Waals surface area (Å²) < 4.78 is 30.9. The summed E-state index contributed by atoms with van der Waals surface area (Å²) in [5, 5.41) is 2.68. The summed E-state index contributed by atoms with van der Waals surface area (Å²) in [5.41, 5.74) is 0.913. The number of hydrogen-bond acceptors (Lipinski definition) is 9. The highest BCUT2D eigenvalue weighted by molar-refractivity contribution is 6.02. The van der Waals surface area contributed by atoms with Gasteiger partial charge in [-0.25, -0.2) is 0 Å². The summed E-state index contributed by atoms with van der Waals surface area (Å²) in [6, 6.07) is 7.91. The van der Waals surface area contributed by atoms with Crippen molar-refractivity contribution in [2.45, 2.75) is 12.8 Å². The molecule has 182 valence electrons. The number of carbonyl (C=O) groups is 3. The van der Waals surface area contributed by atoms with Crippen molar-refractivity contribution in [1.29, 1.82) is 0 Å². The summed E-state index contributed by atoms with van der Waals surface area (Å²) >= 11 is 0. The molecule has 34 heavy (non-hydrogen) atoms. The second-order valence-corrected chi connectivity index (χ2v) is 6.68. The molecule has 0 saturated heterocycles. The van der Waals surface area contributed by atoms with Crippen molar-refractivity contribution in [1.82, 2.24) is 0 Å². The first-order valence-corrected chi connectivity index (χ1v) is 10.1. The van der Waals surface area contributed by atoms with Crippen LogP contribution in [0.1, 0.15) is 18.4 Å². The Morgan fingerprint density at radius 3 is 1.94 bits per heavy atom. The number of carbonyl (C=O) groups excluding carboxylic acids is 3. The summed E-state index contributed by atoms with van der Waals surface area (Å²) in [5.74, 6) is 0.227. The first-order chi connectivity index (χ1) is 16.3. The van der Waals surface area contributed by atoms with E-state index in [9.17, 15) is 14.4 Å². The summed E-state index contributed by atoms with van der Waals surface area (Å²) in [4.78, 5) is 35.8. The third-order valence-electron chi connectivity index (χ3n) is 4.57. The van der Waals surface area contributed by atoms with Gasteiger partial charge in [-0.2, -0.15) is 0 Å². The number of nitrogens with one attached hydrogen (secondary N) is 1. The first-order valence-electron chi connectivity index (χ1n) is 10.1. The molecule has 0 fully saturated rings. The highest BCUT2D eigenvalue weighted by atomic mass is 16.6. The maximum absolute atomic E-state index is 12.5. The average molecular weight is 473 g/mol. The van der Waals surface area contributed by atoms with Crippen LogP contribution in [-0.2, 0) is 19.1 Å². The predicted molar refractivity (Wildman–Crippen MR) is 124 cm³/mol. The largest absolute Gasteiger partial charge is 0.496 e. The molecule has 0 radical (unpaired) electrons. The van der Waals surface area contributed by atoms with Gasteiger partial charge in [0.25, 0.3) is 0 Å². The molecule has 0 spiro atoms. The molecule has 0 aromatic heterocycles. The van der Waals surface area contributed by atoms with E-state index >= 15 is 0 Å². The maximum atomic E-state index is 12.5. The zero-order chi connectivity index (χ0) is 25.1. The molecule has 2 aromatic carbocycles. The van der Waals surface area contributed by atoms with Crippen molar-refractivity contribution in [2.24, 2.45) is 0 Å². The molecule has 2 rings (SSSR count). The molecule has 1 amide bonds. The van der Waals surface area contributed by atoms with E-state index in [0.29, 0.717) is 28.5 Å². The minimum absolute atomic E-state index is 0.0950. The Bertz CT molecular complexity index is 1040. The normalized spacial score (nSPS) is 10.4. The van der Waals surface area contributed by atoms with Gasteiger partial charge in [-0.1, -0.05) is 0 Å². The minimum Gasteiger partial charge on any atom is -0.496 e. The Labute approximate surface area is 197 Å². The summed E-state index contributed by atoms with van der Waals surface area (Å²) in [6.07, 6.45) is 2.57. The fraction of sp³-hybridized carbons (Fsp3) is 0.292. The minimum atomic E-state index is -0.647. The molecular weight excluding hydrogens is 446 g/mol. The topological polar surface area (TPSA) is 119 Å².